The Balaban J connectivity index is 1.71. The molecule has 3 nitrogen and oxygen atoms in total. The largest absolute Gasteiger partial charge is 0.405 e. The molecule has 142 valence electrons. The van der Waals surface area contributed by atoms with E-state index in [9.17, 15) is 0 Å². The number of rotatable bonds is 8. The molecule has 0 aliphatic carbocycles. The topological polar surface area (TPSA) is 30.8 Å². The number of oxime groups is 1. The van der Waals surface area contributed by atoms with Gasteiger partial charge in [0, 0.05) is 12.3 Å². The van der Waals surface area contributed by atoms with Crippen molar-refractivity contribution >= 4 is 14.0 Å². The van der Waals surface area contributed by atoms with E-state index in [1.807, 2.05) is 30.3 Å². The lowest BCUT2D eigenvalue weighted by Crippen LogP contribution is -2.31. The van der Waals surface area contributed by atoms with E-state index >= 15 is 0 Å². The van der Waals surface area contributed by atoms with Gasteiger partial charge in [0.2, 0.25) is 0 Å². The summed E-state index contributed by atoms with van der Waals surface area (Å²) in [5, 5.41) is 4.44. The molecule has 3 atom stereocenters. The van der Waals surface area contributed by atoms with E-state index in [2.05, 4.69) is 67.8 Å². The summed E-state index contributed by atoms with van der Waals surface area (Å²) in [6.07, 6.45) is 3.60. The van der Waals surface area contributed by atoms with Crippen LogP contribution < -0.4 is 0 Å². The summed E-state index contributed by atoms with van der Waals surface area (Å²) in [5.41, 5.74) is 3.40. The maximum absolute atomic E-state index is 6.48. The zero-order chi connectivity index (χ0) is 19.3. The molecule has 0 fully saturated rings. The number of hydrogen-bond acceptors (Lipinski definition) is 3. The summed E-state index contributed by atoms with van der Waals surface area (Å²) in [7, 11) is -1.74. The molecule has 4 heteroatoms. The Morgan fingerprint density at radius 1 is 1.07 bits per heavy atom. The molecule has 2 aromatic carbocycles. The van der Waals surface area contributed by atoms with Crippen LogP contribution in [0.5, 0.6) is 0 Å². The number of nitrogens with zero attached hydrogens (tertiary/aromatic N) is 1. The molecule has 0 spiro atoms. The highest BCUT2D eigenvalue weighted by Gasteiger charge is 2.33. The minimum atomic E-state index is -1.74. The highest BCUT2D eigenvalue weighted by Crippen LogP contribution is 2.33. The van der Waals surface area contributed by atoms with Crippen LogP contribution >= 0.6 is 0 Å². The predicted molar refractivity (Wildman–Crippen MR) is 115 cm³/mol. The van der Waals surface area contributed by atoms with Gasteiger partial charge in [-0.1, -0.05) is 71.9 Å². The highest BCUT2D eigenvalue weighted by atomic mass is 28.4. The highest BCUT2D eigenvalue weighted by molar-refractivity contribution is 6.69. The van der Waals surface area contributed by atoms with Gasteiger partial charge < -0.3 is 9.26 Å². The molecule has 1 aliphatic rings. The van der Waals surface area contributed by atoms with Gasteiger partial charge in [0.1, 0.15) is 12.2 Å². The summed E-state index contributed by atoms with van der Waals surface area (Å²) >= 11 is 0. The minimum absolute atomic E-state index is 0.0552. The molecule has 0 N–H and O–H groups in total. The first-order valence-corrected chi connectivity index (χ1v) is 13.0. The van der Waals surface area contributed by atoms with Crippen molar-refractivity contribution in [2.24, 2.45) is 5.16 Å². The maximum atomic E-state index is 6.48. The Hall–Kier alpha value is -2.17. The van der Waals surface area contributed by atoms with Crippen molar-refractivity contribution in [1.82, 2.24) is 0 Å². The van der Waals surface area contributed by atoms with Gasteiger partial charge in [-0.05, 0) is 37.2 Å². The molecule has 3 rings (SSSR count). The lowest BCUT2D eigenvalue weighted by Gasteiger charge is -2.26. The monoisotopic (exact) mass is 379 g/mol. The molecule has 0 radical (unpaired) electrons. The van der Waals surface area contributed by atoms with E-state index < -0.39 is 8.32 Å². The van der Waals surface area contributed by atoms with Crippen molar-refractivity contribution in [1.29, 1.82) is 0 Å². The second-order valence-electron chi connectivity index (χ2n) is 8.02. The third kappa shape index (κ3) is 5.41. The normalized spacial score (nSPS) is 19.1. The van der Waals surface area contributed by atoms with Gasteiger partial charge in [-0.2, -0.15) is 0 Å². The lowest BCUT2D eigenvalue weighted by atomic mass is 9.91. The number of benzene rings is 2. The molecule has 1 heterocycles. The smallest absolute Gasteiger partial charge is 0.185 e. The molecule has 0 saturated heterocycles. The summed E-state index contributed by atoms with van der Waals surface area (Å²) in [5.74, 6) is 0.263. The van der Waals surface area contributed by atoms with Crippen LogP contribution in [0.15, 0.2) is 78.5 Å². The van der Waals surface area contributed by atoms with Gasteiger partial charge in [0.15, 0.2) is 8.32 Å². The van der Waals surface area contributed by atoms with E-state index in [-0.39, 0.29) is 18.1 Å². The van der Waals surface area contributed by atoms with Crippen LogP contribution in [0.4, 0.5) is 0 Å². The van der Waals surface area contributed by atoms with E-state index in [1.165, 1.54) is 5.56 Å². The summed E-state index contributed by atoms with van der Waals surface area (Å²) in [6.45, 7) is 10.6. The standard InChI is InChI=1S/C23H29NO2Si/c1-5-18(19-12-8-6-9-13-19)16-21-17-22(24-25-21)23(26-27(2,3)4)20-14-10-7-11-15-20/h5-15,18,21,23H,1,16-17H2,2-4H3. The van der Waals surface area contributed by atoms with E-state index in [1.54, 1.807) is 0 Å². The van der Waals surface area contributed by atoms with Crippen molar-refractivity contribution in [2.45, 2.75) is 50.6 Å². The fourth-order valence-electron chi connectivity index (χ4n) is 3.39. The molecule has 2 aromatic rings. The SMILES string of the molecule is C=CC(CC1CC(C(O[Si](C)(C)C)c2ccccc2)=NO1)c1ccccc1. The molecule has 0 saturated carbocycles. The van der Waals surface area contributed by atoms with Gasteiger partial charge in [-0.15, -0.1) is 6.58 Å². The Morgan fingerprint density at radius 3 is 2.22 bits per heavy atom. The van der Waals surface area contributed by atoms with Gasteiger partial charge in [0.05, 0.1) is 5.71 Å². The molecule has 27 heavy (non-hydrogen) atoms. The van der Waals surface area contributed by atoms with Crippen LogP contribution in [0.2, 0.25) is 19.6 Å². The second kappa shape index (κ2) is 8.68. The summed E-state index contributed by atoms with van der Waals surface area (Å²) in [6, 6.07) is 20.8. The van der Waals surface area contributed by atoms with Crippen LogP contribution in [0.3, 0.4) is 0 Å². The average molecular weight is 380 g/mol. The van der Waals surface area contributed by atoms with Crippen LogP contribution in [-0.2, 0) is 9.26 Å². The Bertz CT molecular complexity index is 768. The zero-order valence-electron chi connectivity index (χ0n) is 16.5. The molecular formula is C23H29NO2Si. The van der Waals surface area contributed by atoms with E-state index in [0.29, 0.717) is 0 Å². The molecule has 1 aliphatic heterocycles. The Kier molecular flexibility index (Phi) is 6.29. The third-order valence-electron chi connectivity index (χ3n) is 4.66. The van der Waals surface area contributed by atoms with Gasteiger partial charge in [-0.25, -0.2) is 0 Å². The molecular weight excluding hydrogens is 350 g/mol. The van der Waals surface area contributed by atoms with Crippen molar-refractivity contribution in [2.75, 3.05) is 0 Å². The van der Waals surface area contributed by atoms with E-state index in [0.717, 1.165) is 24.1 Å². The summed E-state index contributed by atoms with van der Waals surface area (Å²) < 4.78 is 6.48. The summed E-state index contributed by atoms with van der Waals surface area (Å²) in [4.78, 5) is 5.81. The molecule has 0 amide bonds. The minimum Gasteiger partial charge on any atom is -0.405 e. The van der Waals surface area contributed by atoms with Crippen LogP contribution in [0.25, 0.3) is 0 Å². The predicted octanol–water partition coefficient (Wildman–Crippen LogP) is 6.08. The van der Waals surface area contributed by atoms with Crippen molar-refractivity contribution in [3.05, 3.63) is 84.4 Å². The van der Waals surface area contributed by atoms with Gasteiger partial charge in [-0.3, -0.25) is 0 Å². The first kappa shape index (κ1) is 19.6. The van der Waals surface area contributed by atoms with Gasteiger partial charge in [0.25, 0.3) is 0 Å². The lowest BCUT2D eigenvalue weighted by molar-refractivity contribution is 0.0764. The number of hydrogen-bond donors (Lipinski definition) is 0. The first-order valence-electron chi connectivity index (χ1n) is 9.59. The molecule has 0 bridgehead atoms. The van der Waals surface area contributed by atoms with Crippen molar-refractivity contribution in [3.8, 4) is 0 Å². The fourth-order valence-corrected chi connectivity index (χ4v) is 4.37. The molecule has 0 aromatic heterocycles. The quantitative estimate of drug-likeness (QED) is 0.411. The van der Waals surface area contributed by atoms with Crippen molar-refractivity contribution in [3.63, 3.8) is 0 Å². The zero-order valence-corrected chi connectivity index (χ0v) is 17.5. The van der Waals surface area contributed by atoms with Crippen LogP contribution in [0.1, 0.15) is 36.0 Å². The number of allylic oxidation sites excluding steroid dienone is 1. The second-order valence-corrected chi connectivity index (χ2v) is 12.5. The first-order chi connectivity index (χ1) is 13.0. The van der Waals surface area contributed by atoms with E-state index in [4.69, 9.17) is 9.26 Å². The molecule has 3 unspecified atom stereocenters. The van der Waals surface area contributed by atoms with Gasteiger partial charge >= 0.3 is 0 Å². The van der Waals surface area contributed by atoms with Crippen LogP contribution in [-0.4, -0.2) is 20.1 Å². The van der Waals surface area contributed by atoms with Crippen LogP contribution in [0, 0.1) is 0 Å². The fraction of sp³-hybridized carbons (Fsp3) is 0.348. The van der Waals surface area contributed by atoms with Crippen molar-refractivity contribution < 1.29 is 9.26 Å². The average Bonchev–Trinajstić information content (AvgIpc) is 3.13. The maximum Gasteiger partial charge on any atom is 0.185 e. The Morgan fingerprint density at radius 2 is 1.67 bits per heavy atom. The Labute approximate surface area is 163 Å². The third-order valence-corrected chi connectivity index (χ3v) is 5.60.